The van der Waals surface area contributed by atoms with Gasteiger partial charge >= 0.3 is 29.6 Å². The van der Waals surface area contributed by atoms with E-state index in [4.69, 9.17) is 0 Å². The summed E-state index contributed by atoms with van der Waals surface area (Å²) in [5.74, 6) is -1.87. The van der Waals surface area contributed by atoms with Gasteiger partial charge in [-0.1, -0.05) is 12.2 Å². The van der Waals surface area contributed by atoms with Gasteiger partial charge in [0.05, 0.1) is 5.97 Å². The molecule has 0 saturated heterocycles. The summed E-state index contributed by atoms with van der Waals surface area (Å²) in [7, 11) is 0. The van der Waals surface area contributed by atoms with Crippen LogP contribution in [0.25, 0.3) is 0 Å². The smallest absolute Gasteiger partial charge is 0.549 e. The Labute approximate surface area is 76.6 Å². The molecule has 2 nitrogen and oxygen atoms in total. The summed E-state index contributed by atoms with van der Waals surface area (Å²) in [5, 5.41) is 9.91. The Kier molecular flexibility index (Phi) is 7.91. The van der Waals surface area contributed by atoms with Crippen LogP contribution < -0.4 is 34.7 Å². The molecule has 0 aliphatic heterocycles. The van der Waals surface area contributed by atoms with Crippen molar-refractivity contribution >= 4 is 5.97 Å². The van der Waals surface area contributed by atoms with Gasteiger partial charge < -0.3 is 9.90 Å². The van der Waals surface area contributed by atoms with Crippen molar-refractivity contribution in [2.75, 3.05) is 0 Å². The van der Waals surface area contributed by atoms with Crippen LogP contribution in [0.4, 0.5) is 0 Å². The van der Waals surface area contributed by atoms with Gasteiger partial charge in [-0.05, 0) is 0 Å². The zero-order valence-corrected chi connectivity index (χ0v) is 7.46. The number of hydrogen-bond donors (Lipinski definition) is 0. The van der Waals surface area contributed by atoms with Crippen LogP contribution in [-0.2, 0) is 4.79 Å². The van der Waals surface area contributed by atoms with Crippen LogP contribution in [0, 0.1) is 5.92 Å². The SMILES string of the molecule is C=CC(C=C)C(=O)[O-].[Na+]. The molecule has 0 aliphatic rings. The third-order valence-electron chi connectivity index (χ3n) is 0.780. The van der Waals surface area contributed by atoms with Crippen LogP contribution >= 0.6 is 0 Å². The largest absolute Gasteiger partial charge is 1.00 e. The van der Waals surface area contributed by atoms with Crippen molar-refractivity contribution in [3.05, 3.63) is 25.3 Å². The maximum atomic E-state index is 9.91. The Bertz CT molecular complexity index is 112. The van der Waals surface area contributed by atoms with Crippen molar-refractivity contribution in [2.45, 2.75) is 0 Å². The summed E-state index contributed by atoms with van der Waals surface area (Å²) in [6.07, 6.45) is 2.53. The zero-order chi connectivity index (χ0) is 6.57. The molecule has 0 atom stereocenters. The maximum Gasteiger partial charge on any atom is 1.00 e. The first-order valence-electron chi connectivity index (χ1n) is 2.18. The fraction of sp³-hybridized carbons (Fsp3) is 0.167. The Morgan fingerprint density at radius 1 is 1.44 bits per heavy atom. The van der Waals surface area contributed by atoms with E-state index in [1.54, 1.807) is 0 Å². The molecule has 0 amide bonds. The van der Waals surface area contributed by atoms with Gasteiger partial charge in [0.2, 0.25) is 0 Å². The summed E-state index contributed by atoms with van der Waals surface area (Å²) < 4.78 is 0. The van der Waals surface area contributed by atoms with Crippen molar-refractivity contribution in [1.29, 1.82) is 0 Å². The van der Waals surface area contributed by atoms with Gasteiger partial charge in [0.15, 0.2) is 0 Å². The van der Waals surface area contributed by atoms with E-state index in [9.17, 15) is 9.90 Å². The number of carbonyl (C=O) groups excluding carboxylic acids is 1. The molecule has 0 aromatic carbocycles. The minimum absolute atomic E-state index is 0. The Morgan fingerprint density at radius 3 is 1.78 bits per heavy atom. The molecule has 0 aromatic heterocycles. The third-order valence-corrected chi connectivity index (χ3v) is 0.780. The molecule has 0 spiro atoms. The molecule has 0 N–H and O–H groups in total. The molecule has 0 heterocycles. The average Bonchev–Trinajstić information content (AvgIpc) is 1.69. The summed E-state index contributed by atoms with van der Waals surface area (Å²) in [4.78, 5) is 9.91. The Hall–Kier alpha value is -0.0500. The van der Waals surface area contributed by atoms with Crippen molar-refractivity contribution < 1.29 is 39.5 Å². The van der Waals surface area contributed by atoms with Gasteiger partial charge in [-0.25, -0.2) is 0 Å². The number of aliphatic carboxylic acids is 1. The van der Waals surface area contributed by atoms with Gasteiger partial charge in [0.1, 0.15) is 0 Å². The normalized spacial score (nSPS) is 7.67. The number of hydrogen-bond acceptors (Lipinski definition) is 2. The van der Waals surface area contributed by atoms with Crippen molar-refractivity contribution in [2.24, 2.45) is 5.92 Å². The van der Waals surface area contributed by atoms with Gasteiger partial charge in [0, 0.05) is 5.92 Å². The number of rotatable bonds is 3. The topological polar surface area (TPSA) is 40.1 Å². The second kappa shape index (κ2) is 6.08. The summed E-state index contributed by atoms with van der Waals surface area (Å²) in [6, 6.07) is 0. The van der Waals surface area contributed by atoms with Gasteiger partial charge in [-0.2, -0.15) is 0 Å². The van der Waals surface area contributed by atoms with E-state index in [1.165, 1.54) is 12.2 Å². The molecule has 0 aliphatic carbocycles. The van der Waals surface area contributed by atoms with Crippen LogP contribution in [0.1, 0.15) is 0 Å². The molecule has 3 heteroatoms. The maximum absolute atomic E-state index is 9.91. The molecule has 0 radical (unpaired) electrons. The predicted molar refractivity (Wildman–Crippen MR) is 28.9 cm³/mol. The molecule has 0 rings (SSSR count). The number of carbonyl (C=O) groups is 1. The fourth-order valence-corrected chi connectivity index (χ4v) is 0.289. The van der Waals surface area contributed by atoms with Crippen LogP contribution in [0.3, 0.4) is 0 Å². The van der Waals surface area contributed by atoms with E-state index in [-0.39, 0.29) is 29.6 Å². The molecule has 0 saturated carbocycles. The van der Waals surface area contributed by atoms with Gasteiger partial charge in [0.25, 0.3) is 0 Å². The monoisotopic (exact) mass is 134 g/mol. The number of carboxylic acids is 1. The summed E-state index contributed by atoms with van der Waals surface area (Å²) >= 11 is 0. The molecular formula is C6H7NaO2. The fourth-order valence-electron chi connectivity index (χ4n) is 0.289. The molecule has 0 unspecified atom stereocenters. The van der Waals surface area contributed by atoms with Crippen molar-refractivity contribution in [3.8, 4) is 0 Å². The molecule has 0 fully saturated rings. The Morgan fingerprint density at radius 2 is 1.78 bits per heavy atom. The standard InChI is InChI=1S/C6H8O2.Na/c1-3-5(4-2)6(7)8;/h3-5H,1-2H2,(H,7,8);/q;+1/p-1. The third kappa shape index (κ3) is 4.45. The van der Waals surface area contributed by atoms with Crippen LogP contribution in [-0.4, -0.2) is 5.97 Å². The second-order valence-corrected chi connectivity index (χ2v) is 1.32. The van der Waals surface area contributed by atoms with Gasteiger partial charge in [-0.15, -0.1) is 13.2 Å². The van der Waals surface area contributed by atoms with Crippen LogP contribution in [0.15, 0.2) is 25.3 Å². The number of carboxylic acid groups (broad SMARTS) is 1. The molecule has 0 bridgehead atoms. The molecule has 9 heavy (non-hydrogen) atoms. The van der Waals surface area contributed by atoms with E-state index < -0.39 is 11.9 Å². The van der Waals surface area contributed by atoms with E-state index in [1.807, 2.05) is 0 Å². The van der Waals surface area contributed by atoms with E-state index in [2.05, 4.69) is 13.2 Å². The predicted octanol–water partition coefficient (Wildman–Crippen LogP) is -3.27. The minimum atomic E-state index is -1.16. The molecule has 0 aromatic rings. The first-order chi connectivity index (χ1) is 3.72. The molecular weight excluding hydrogens is 127 g/mol. The second-order valence-electron chi connectivity index (χ2n) is 1.32. The van der Waals surface area contributed by atoms with Gasteiger partial charge in [-0.3, -0.25) is 0 Å². The van der Waals surface area contributed by atoms with Crippen molar-refractivity contribution in [1.82, 2.24) is 0 Å². The summed E-state index contributed by atoms with van der Waals surface area (Å²) in [5.41, 5.74) is 0. The average molecular weight is 134 g/mol. The van der Waals surface area contributed by atoms with Crippen LogP contribution in [0.5, 0.6) is 0 Å². The quantitative estimate of drug-likeness (QED) is 0.300. The molecule has 44 valence electrons. The zero-order valence-electron chi connectivity index (χ0n) is 5.46. The van der Waals surface area contributed by atoms with E-state index in [0.29, 0.717) is 0 Å². The van der Waals surface area contributed by atoms with Crippen molar-refractivity contribution in [3.63, 3.8) is 0 Å². The minimum Gasteiger partial charge on any atom is -0.549 e. The first kappa shape index (κ1) is 11.7. The van der Waals surface area contributed by atoms with Crippen LogP contribution in [0.2, 0.25) is 0 Å². The Balaban J connectivity index is 0. The first-order valence-corrected chi connectivity index (χ1v) is 2.18. The van der Waals surface area contributed by atoms with E-state index >= 15 is 0 Å². The summed E-state index contributed by atoms with van der Waals surface area (Å²) in [6.45, 7) is 6.52. The van der Waals surface area contributed by atoms with E-state index in [0.717, 1.165) is 0 Å².